The molecule has 0 aromatic heterocycles. The SMILES string of the molecule is C=Cc1ccc(CCN=C(N)NC2CCOc3ccccc32)cc1.I. The smallest absolute Gasteiger partial charge is 0.189 e. The normalized spacial score (nSPS) is 16.2. The van der Waals surface area contributed by atoms with Gasteiger partial charge in [-0.2, -0.15) is 0 Å². The van der Waals surface area contributed by atoms with E-state index in [4.69, 9.17) is 10.5 Å². The van der Waals surface area contributed by atoms with E-state index < -0.39 is 0 Å². The third-order valence-electron chi connectivity index (χ3n) is 4.18. The van der Waals surface area contributed by atoms with Crippen LogP contribution in [0.3, 0.4) is 0 Å². The number of rotatable bonds is 5. The van der Waals surface area contributed by atoms with Crippen LogP contribution >= 0.6 is 24.0 Å². The summed E-state index contributed by atoms with van der Waals surface area (Å²) in [5.74, 6) is 1.41. The summed E-state index contributed by atoms with van der Waals surface area (Å²) in [5, 5.41) is 3.31. The Kier molecular flexibility index (Phi) is 7.31. The summed E-state index contributed by atoms with van der Waals surface area (Å²) in [6, 6.07) is 16.5. The van der Waals surface area contributed by atoms with Gasteiger partial charge in [0.25, 0.3) is 0 Å². The van der Waals surface area contributed by atoms with Gasteiger partial charge in [-0.3, -0.25) is 4.99 Å². The van der Waals surface area contributed by atoms with Gasteiger partial charge in [-0.25, -0.2) is 0 Å². The highest BCUT2D eigenvalue weighted by molar-refractivity contribution is 14.0. The zero-order valence-electron chi connectivity index (χ0n) is 14.2. The molecule has 4 nitrogen and oxygen atoms in total. The zero-order chi connectivity index (χ0) is 16.8. The molecular formula is C20H24IN3O. The van der Waals surface area contributed by atoms with Crippen molar-refractivity contribution in [3.63, 3.8) is 0 Å². The van der Waals surface area contributed by atoms with Crippen molar-refractivity contribution in [2.45, 2.75) is 18.9 Å². The predicted octanol–water partition coefficient (Wildman–Crippen LogP) is 3.92. The highest BCUT2D eigenvalue weighted by atomic mass is 127. The zero-order valence-corrected chi connectivity index (χ0v) is 16.5. The molecule has 0 fully saturated rings. The monoisotopic (exact) mass is 449 g/mol. The van der Waals surface area contributed by atoms with E-state index in [1.54, 1.807) is 0 Å². The molecule has 0 radical (unpaired) electrons. The number of aliphatic imine (C=N–C) groups is 1. The maximum atomic E-state index is 6.06. The minimum absolute atomic E-state index is 0. The van der Waals surface area contributed by atoms with Crippen LogP contribution in [0.25, 0.3) is 6.08 Å². The molecule has 0 spiro atoms. The first-order valence-corrected chi connectivity index (χ1v) is 8.26. The molecule has 0 bridgehead atoms. The summed E-state index contributed by atoms with van der Waals surface area (Å²) in [6.07, 6.45) is 3.59. The lowest BCUT2D eigenvalue weighted by Gasteiger charge is -2.26. The van der Waals surface area contributed by atoms with Gasteiger partial charge in [0.2, 0.25) is 0 Å². The molecule has 132 valence electrons. The van der Waals surface area contributed by atoms with Crippen LogP contribution < -0.4 is 15.8 Å². The van der Waals surface area contributed by atoms with Gasteiger partial charge in [0.15, 0.2) is 5.96 Å². The van der Waals surface area contributed by atoms with Gasteiger partial charge in [0.05, 0.1) is 12.6 Å². The molecule has 1 aliphatic rings. The minimum atomic E-state index is 0. The van der Waals surface area contributed by atoms with Gasteiger partial charge in [-0.05, 0) is 23.6 Å². The number of nitrogens with two attached hydrogens (primary N) is 1. The Hall–Kier alpha value is -2.02. The maximum absolute atomic E-state index is 6.06. The number of benzene rings is 2. The van der Waals surface area contributed by atoms with Crippen molar-refractivity contribution in [1.29, 1.82) is 0 Å². The fourth-order valence-electron chi connectivity index (χ4n) is 2.84. The average molecular weight is 449 g/mol. The van der Waals surface area contributed by atoms with Crippen LogP contribution in [-0.2, 0) is 6.42 Å². The van der Waals surface area contributed by atoms with E-state index in [1.165, 1.54) is 5.56 Å². The Balaban J connectivity index is 0.00000225. The van der Waals surface area contributed by atoms with E-state index >= 15 is 0 Å². The predicted molar refractivity (Wildman–Crippen MR) is 115 cm³/mol. The second-order valence-electron chi connectivity index (χ2n) is 5.83. The van der Waals surface area contributed by atoms with E-state index in [1.807, 2.05) is 24.3 Å². The third kappa shape index (κ3) is 5.22. The van der Waals surface area contributed by atoms with Gasteiger partial charge < -0.3 is 15.8 Å². The lowest BCUT2D eigenvalue weighted by atomic mass is 10.0. The first-order chi connectivity index (χ1) is 11.8. The van der Waals surface area contributed by atoms with Crippen molar-refractivity contribution in [2.24, 2.45) is 10.7 Å². The Bertz CT molecular complexity index is 728. The molecule has 25 heavy (non-hydrogen) atoms. The fourth-order valence-corrected chi connectivity index (χ4v) is 2.84. The maximum Gasteiger partial charge on any atom is 0.189 e. The second-order valence-corrected chi connectivity index (χ2v) is 5.83. The molecule has 5 heteroatoms. The topological polar surface area (TPSA) is 59.6 Å². The largest absolute Gasteiger partial charge is 0.493 e. The molecular weight excluding hydrogens is 425 g/mol. The average Bonchev–Trinajstić information content (AvgIpc) is 2.63. The Labute approximate surface area is 166 Å². The molecule has 0 aliphatic carbocycles. The molecule has 1 aliphatic heterocycles. The van der Waals surface area contributed by atoms with E-state index in [0.717, 1.165) is 29.7 Å². The lowest BCUT2D eigenvalue weighted by molar-refractivity contribution is 0.262. The Morgan fingerprint density at radius 2 is 2.00 bits per heavy atom. The highest BCUT2D eigenvalue weighted by Crippen LogP contribution is 2.31. The summed E-state index contributed by atoms with van der Waals surface area (Å²) >= 11 is 0. The van der Waals surface area contributed by atoms with Gasteiger partial charge in [-0.1, -0.05) is 55.1 Å². The first kappa shape index (κ1) is 19.3. The quantitative estimate of drug-likeness (QED) is 0.414. The number of guanidine groups is 1. The van der Waals surface area contributed by atoms with Crippen LogP contribution in [0.4, 0.5) is 0 Å². The number of halogens is 1. The molecule has 2 aromatic carbocycles. The number of para-hydroxylation sites is 1. The number of fused-ring (bicyclic) bond motifs is 1. The molecule has 0 amide bonds. The van der Waals surface area contributed by atoms with E-state index in [2.05, 4.69) is 47.2 Å². The van der Waals surface area contributed by atoms with E-state index in [9.17, 15) is 0 Å². The van der Waals surface area contributed by atoms with E-state index in [0.29, 0.717) is 19.1 Å². The number of ether oxygens (including phenoxy) is 1. The summed E-state index contributed by atoms with van der Waals surface area (Å²) in [5.41, 5.74) is 9.57. The molecule has 3 N–H and O–H groups in total. The third-order valence-corrected chi connectivity index (χ3v) is 4.18. The van der Waals surface area contributed by atoms with Crippen molar-refractivity contribution in [1.82, 2.24) is 5.32 Å². The van der Waals surface area contributed by atoms with Gasteiger partial charge in [-0.15, -0.1) is 24.0 Å². The van der Waals surface area contributed by atoms with Crippen LogP contribution in [0.1, 0.15) is 29.2 Å². The highest BCUT2D eigenvalue weighted by Gasteiger charge is 2.21. The molecule has 1 heterocycles. The Morgan fingerprint density at radius 3 is 2.76 bits per heavy atom. The van der Waals surface area contributed by atoms with Crippen molar-refractivity contribution in [2.75, 3.05) is 13.2 Å². The van der Waals surface area contributed by atoms with Crippen LogP contribution in [0, 0.1) is 0 Å². The van der Waals surface area contributed by atoms with Crippen molar-refractivity contribution in [3.8, 4) is 5.75 Å². The first-order valence-electron chi connectivity index (χ1n) is 8.26. The summed E-state index contributed by atoms with van der Waals surface area (Å²) in [6.45, 7) is 5.12. The summed E-state index contributed by atoms with van der Waals surface area (Å²) in [4.78, 5) is 4.45. The van der Waals surface area contributed by atoms with E-state index in [-0.39, 0.29) is 30.0 Å². The van der Waals surface area contributed by atoms with Crippen LogP contribution in [0.2, 0.25) is 0 Å². The Morgan fingerprint density at radius 1 is 1.24 bits per heavy atom. The molecule has 0 saturated carbocycles. The number of nitrogens with one attached hydrogen (secondary N) is 1. The molecule has 2 aromatic rings. The van der Waals surface area contributed by atoms with Crippen LogP contribution in [0.15, 0.2) is 60.1 Å². The molecule has 1 unspecified atom stereocenters. The summed E-state index contributed by atoms with van der Waals surface area (Å²) < 4.78 is 5.67. The summed E-state index contributed by atoms with van der Waals surface area (Å²) in [7, 11) is 0. The van der Waals surface area contributed by atoms with Crippen molar-refractivity contribution >= 4 is 36.0 Å². The standard InChI is InChI=1S/C20H23N3O.HI/c1-2-15-7-9-16(10-8-15)11-13-22-20(21)23-18-12-14-24-19-6-4-3-5-17(18)19;/h2-10,18H,1,11-14H2,(H3,21,22,23);1H. The van der Waals surface area contributed by atoms with Gasteiger partial charge in [0, 0.05) is 18.5 Å². The fraction of sp³-hybridized carbons (Fsp3) is 0.250. The number of hydrogen-bond acceptors (Lipinski definition) is 2. The van der Waals surface area contributed by atoms with Crippen LogP contribution in [-0.4, -0.2) is 19.1 Å². The molecule has 0 saturated heterocycles. The molecule has 1 atom stereocenters. The van der Waals surface area contributed by atoms with Gasteiger partial charge >= 0.3 is 0 Å². The number of nitrogens with zero attached hydrogens (tertiary/aromatic N) is 1. The van der Waals surface area contributed by atoms with Gasteiger partial charge in [0.1, 0.15) is 5.75 Å². The van der Waals surface area contributed by atoms with Crippen molar-refractivity contribution < 1.29 is 4.74 Å². The minimum Gasteiger partial charge on any atom is -0.493 e. The van der Waals surface area contributed by atoms with Crippen molar-refractivity contribution in [3.05, 3.63) is 71.8 Å². The number of hydrogen-bond donors (Lipinski definition) is 2. The lowest BCUT2D eigenvalue weighted by Crippen LogP contribution is -2.37. The molecule has 3 rings (SSSR count). The van der Waals surface area contributed by atoms with Crippen LogP contribution in [0.5, 0.6) is 5.75 Å². The second kappa shape index (κ2) is 9.46.